The molecule has 0 aliphatic carbocycles. The third kappa shape index (κ3) is 2.84. The molecule has 0 aliphatic rings. The van der Waals surface area contributed by atoms with Gasteiger partial charge in [0.25, 0.3) is 0 Å². The van der Waals surface area contributed by atoms with Crippen LogP contribution in [0.5, 0.6) is 0 Å². The molecule has 1 unspecified atom stereocenters. The highest BCUT2D eigenvalue weighted by molar-refractivity contribution is 7.10. The summed E-state index contributed by atoms with van der Waals surface area (Å²) in [4.78, 5) is 0.798. The normalized spacial score (nSPS) is 13.5. The van der Waals surface area contributed by atoms with Crippen molar-refractivity contribution in [1.29, 1.82) is 0 Å². The third-order valence-electron chi connectivity index (χ3n) is 2.96. The molecule has 2 aromatic rings. The molecule has 0 fully saturated rings. The molecule has 1 heterocycles. The van der Waals surface area contributed by atoms with Crippen LogP contribution in [0.25, 0.3) is 0 Å². The number of hydrogen-bond acceptors (Lipinski definition) is 3. The molecule has 1 atom stereocenters. The first-order valence-corrected chi connectivity index (χ1v) is 6.59. The number of aryl methyl sites for hydroxylation is 1. The predicted molar refractivity (Wildman–Crippen MR) is 69.6 cm³/mol. The van der Waals surface area contributed by atoms with E-state index in [1.54, 1.807) is 0 Å². The monoisotopic (exact) mass is 304 g/mol. The van der Waals surface area contributed by atoms with E-state index in [-0.39, 0.29) is 5.56 Å². The summed E-state index contributed by atoms with van der Waals surface area (Å²) in [6.07, 6.45) is -4.73. The van der Waals surface area contributed by atoms with Crippen LogP contribution in [-0.2, 0) is 6.18 Å². The van der Waals surface area contributed by atoms with Crippen LogP contribution in [-0.4, -0.2) is 0 Å². The number of nitrogens with two attached hydrogens (primary N) is 1. The highest BCUT2D eigenvalue weighted by atomic mass is 32.1. The van der Waals surface area contributed by atoms with Gasteiger partial charge < -0.3 is 0 Å². The van der Waals surface area contributed by atoms with Gasteiger partial charge in [0.2, 0.25) is 0 Å². The molecule has 0 amide bonds. The Labute approximate surface area is 117 Å². The average Bonchev–Trinajstić information content (AvgIpc) is 2.77. The second-order valence-electron chi connectivity index (χ2n) is 4.30. The van der Waals surface area contributed by atoms with Gasteiger partial charge >= 0.3 is 6.18 Å². The fourth-order valence-electron chi connectivity index (χ4n) is 1.94. The maximum absolute atomic E-state index is 13.3. The molecule has 7 heteroatoms. The summed E-state index contributed by atoms with van der Waals surface area (Å²) in [7, 11) is 0. The van der Waals surface area contributed by atoms with E-state index in [0.29, 0.717) is 0 Å². The maximum Gasteiger partial charge on any atom is 0.419 e. The molecule has 0 saturated heterocycles. The van der Waals surface area contributed by atoms with E-state index >= 15 is 0 Å². The summed E-state index contributed by atoms with van der Waals surface area (Å²) in [5.74, 6) is 4.15. The summed E-state index contributed by atoms with van der Waals surface area (Å²) in [5, 5.41) is 1.82. The zero-order valence-electron chi connectivity index (χ0n) is 10.5. The fraction of sp³-hybridized carbons (Fsp3) is 0.231. The molecule has 0 saturated carbocycles. The number of hydrazine groups is 1. The van der Waals surface area contributed by atoms with Crippen LogP contribution < -0.4 is 11.3 Å². The van der Waals surface area contributed by atoms with Gasteiger partial charge in [-0.05, 0) is 41.6 Å². The van der Waals surface area contributed by atoms with Crippen LogP contribution in [0.3, 0.4) is 0 Å². The van der Waals surface area contributed by atoms with Crippen molar-refractivity contribution < 1.29 is 17.6 Å². The van der Waals surface area contributed by atoms with Crippen molar-refractivity contribution in [3.8, 4) is 0 Å². The van der Waals surface area contributed by atoms with E-state index < -0.39 is 23.6 Å². The Kier molecular flexibility index (Phi) is 4.12. The number of hydrogen-bond donors (Lipinski definition) is 2. The Hall–Kier alpha value is -1.44. The first-order chi connectivity index (χ1) is 9.34. The van der Waals surface area contributed by atoms with E-state index in [9.17, 15) is 17.6 Å². The van der Waals surface area contributed by atoms with Gasteiger partial charge in [0, 0.05) is 4.88 Å². The molecule has 3 N–H and O–H groups in total. The van der Waals surface area contributed by atoms with E-state index in [0.717, 1.165) is 22.6 Å². The molecule has 2 nitrogen and oxygen atoms in total. The highest BCUT2D eigenvalue weighted by Gasteiger charge is 2.35. The molecule has 20 heavy (non-hydrogen) atoms. The van der Waals surface area contributed by atoms with Crippen LogP contribution in [0.1, 0.15) is 27.6 Å². The van der Waals surface area contributed by atoms with Gasteiger partial charge in [-0.2, -0.15) is 13.2 Å². The minimum Gasteiger partial charge on any atom is -0.271 e. The SMILES string of the molecule is Cc1ccsc1C(NN)c1ccc(F)c(C(F)(F)F)c1. The quantitative estimate of drug-likeness (QED) is 0.515. The number of benzene rings is 1. The third-order valence-corrected chi connectivity index (χ3v) is 4.04. The van der Waals surface area contributed by atoms with E-state index in [1.165, 1.54) is 17.4 Å². The zero-order chi connectivity index (χ0) is 14.9. The molecule has 0 bridgehead atoms. The lowest BCUT2D eigenvalue weighted by atomic mass is 10.0. The Bertz CT molecular complexity index is 607. The Morgan fingerprint density at radius 2 is 1.95 bits per heavy atom. The van der Waals surface area contributed by atoms with Crippen molar-refractivity contribution in [3.63, 3.8) is 0 Å². The van der Waals surface area contributed by atoms with Crippen LogP contribution in [0, 0.1) is 12.7 Å². The molecular formula is C13H12F4N2S. The largest absolute Gasteiger partial charge is 0.419 e. The van der Waals surface area contributed by atoms with Crippen LogP contribution in [0.2, 0.25) is 0 Å². The molecule has 108 valence electrons. The van der Waals surface area contributed by atoms with Crippen molar-refractivity contribution in [2.24, 2.45) is 5.84 Å². The second kappa shape index (κ2) is 5.51. The van der Waals surface area contributed by atoms with Gasteiger partial charge in [-0.15, -0.1) is 11.3 Å². The van der Waals surface area contributed by atoms with Crippen molar-refractivity contribution in [2.75, 3.05) is 0 Å². The molecule has 0 aliphatic heterocycles. The first kappa shape index (κ1) is 15.0. The van der Waals surface area contributed by atoms with E-state index in [1.807, 2.05) is 18.4 Å². The topological polar surface area (TPSA) is 38.0 Å². The molecular weight excluding hydrogens is 292 g/mol. The van der Waals surface area contributed by atoms with Crippen LogP contribution >= 0.6 is 11.3 Å². The van der Waals surface area contributed by atoms with Gasteiger partial charge in [-0.25, -0.2) is 9.82 Å². The first-order valence-electron chi connectivity index (χ1n) is 5.71. The van der Waals surface area contributed by atoms with Crippen LogP contribution in [0.15, 0.2) is 29.6 Å². The van der Waals surface area contributed by atoms with Crippen LogP contribution in [0.4, 0.5) is 17.6 Å². The van der Waals surface area contributed by atoms with Gasteiger partial charge in [0.05, 0.1) is 11.6 Å². The number of alkyl halides is 3. The van der Waals surface area contributed by atoms with Crippen molar-refractivity contribution in [1.82, 2.24) is 5.43 Å². The van der Waals surface area contributed by atoms with Crippen molar-refractivity contribution >= 4 is 11.3 Å². The van der Waals surface area contributed by atoms with Gasteiger partial charge in [0.1, 0.15) is 5.82 Å². The summed E-state index contributed by atoms with van der Waals surface area (Å²) >= 11 is 1.38. The summed E-state index contributed by atoms with van der Waals surface area (Å²) in [6.45, 7) is 1.84. The Balaban J connectivity index is 2.49. The molecule has 2 rings (SSSR count). The summed E-state index contributed by atoms with van der Waals surface area (Å²) in [6, 6.07) is 4.15. The number of halogens is 4. The van der Waals surface area contributed by atoms with E-state index in [4.69, 9.17) is 5.84 Å². The van der Waals surface area contributed by atoms with E-state index in [2.05, 4.69) is 5.43 Å². The molecule has 1 aromatic heterocycles. The van der Waals surface area contributed by atoms with Gasteiger partial charge in [-0.1, -0.05) is 6.07 Å². The number of rotatable bonds is 3. The Morgan fingerprint density at radius 1 is 1.25 bits per heavy atom. The zero-order valence-corrected chi connectivity index (χ0v) is 11.3. The van der Waals surface area contributed by atoms with Gasteiger partial charge in [-0.3, -0.25) is 5.84 Å². The highest BCUT2D eigenvalue weighted by Crippen LogP contribution is 2.35. The Morgan fingerprint density at radius 3 is 2.45 bits per heavy atom. The fourth-order valence-corrected chi connectivity index (χ4v) is 2.96. The predicted octanol–water partition coefficient (Wildman–Crippen LogP) is 3.77. The second-order valence-corrected chi connectivity index (χ2v) is 5.25. The lowest BCUT2D eigenvalue weighted by Crippen LogP contribution is -2.29. The molecule has 0 radical (unpaired) electrons. The summed E-state index contributed by atoms with van der Waals surface area (Å²) in [5.41, 5.74) is 2.38. The van der Waals surface area contributed by atoms with Gasteiger partial charge in [0.15, 0.2) is 0 Å². The van der Waals surface area contributed by atoms with Crippen molar-refractivity contribution in [3.05, 3.63) is 57.0 Å². The average molecular weight is 304 g/mol. The minimum absolute atomic E-state index is 0.270. The molecule has 0 spiro atoms. The smallest absolute Gasteiger partial charge is 0.271 e. The minimum atomic E-state index is -4.73. The lowest BCUT2D eigenvalue weighted by Gasteiger charge is -2.18. The molecule has 1 aromatic carbocycles. The lowest BCUT2D eigenvalue weighted by molar-refractivity contribution is -0.140. The standard InChI is InChI=1S/C13H12F4N2S/c1-7-4-5-20-12(7)11(19-18)8-2-3-10(14)9(6-8)13(15,16)17/h2-6,11,19H,18H2,1H3. The number of thiophene rings is 1. The maximum atomic E-state index is 13.3. The number of nitrogens with one attached hydrogen (secondary N) is 1. The van der Waals surface area contributed by atoms with Crippen molar-refractivity contribution in [2.45, 2.75) is 19.1 Å². The summed E-state index contributed by atoms with van der Waals surface area (Å²) < 4.78 is 51.5.